The molecule has 1 heterocycles. The number of methoxy groups -OCH3 is 1. The first-order valence-corrected chi connectivity index (χ1v) is 10.1. The number of nitrogens with one attached hydrogen (secondary N) is 1. The monoisotopic (exact) mass is 480 g/mol. The van der Waals surface area contributed by atoms with E-state index >= 15 is 0 Å². The third-order valence-corrected chi connectivity index (χ3v) is 5.31. The number of nitrogens with zero attached hydrogens (tertiary/aromatic N) is 1. The lowest BCUT2D eigenvalue weighted by molar-refractivity contribution is 0.102. The molecule has 1 amide bonds. The fraction of sp³-hybridized carbons (Fsp3) is 0.0476. The molecule has 152 valence electrons. The van der Waals surface area contributed by atoms with Crippen molar-refractivity contribution in [2.45, 2.75) is 0 Å². The number of hydrogen-bond donors (Lipinski definition) is 1. The van der Waals surface area contributed by atoms with Gasteiger partial charge in [-0.15, -0.1) is 0 Å². The standard InChI is InChI=1S/C21H12Cl4N2O3/c1-29-19-14(6-11(23)8-16(19)25)20(28)26-12-3-5-18-17(9-12)27-21(30-18)13-4-2-10(22)7-15(13)24/h2-9H,1H3,(H,26,28). The largest absolute Gasteiger partial charge is 0.494 e. The van der Waals surface area contributed by atoms with Crippen LogP contribution >= 0.6 is 46.4 Å². The van der Waals surface area contributed by atoms with Gasteiger partial charge in [0.2, 0.25) is 5.89 Å². The van der Waals surface area contributed by atoms with Crippen LogP contribution < -0.4 is 10.1 Å². The predicted molar refractivity (Wildman–Crippen MR) is 120 cm³/mol. The number of benzene rings is 3. The number of aromatic nitrogens is 1. The Morgan fingerprint density at radius 1 is 0.967 bits per heavy atom. The van der Waals surface area contributed by atoms with Crippen molar-refractivity contribution in [3.05, 3.63) is 74.2 Å². The summed E-state index contributed by atoms with van der Waals surface area (Å²) in [6, 6.07) is 13.1. The van der Waals surface area contributed by atoms with Gasteiger partial charge in [0.1, 0.15) is 11.3 Å². The highest BCUT2D eigenvalue weighted by molar-refractivity contribution is 6.37. The first-order chi connectivity index (χ1) is 14.4. The molecular weight excluding hydrogens is 470 g/mol. The number of halogens is 4. The van der Waals surface area contributed by atoms with Crippen LogP contribution in [0.15, 0.2) is 52.9 Å². The van der Waals surface area contributed by atoms with E-state index < -0.39 is 5.91 Å². The Labute approximate surface area is 191 Å². The van der Waals surface area contributed by atoms with Gasteiger partial charge in [0.15, 0.2) is 5.58 Å². The maximum atomic E-state index is 12.8. The summed E-state index contributed by atoms with van der Waals surface area (Å²) < 4.78 is 11.0. The predicted octanol–water partition coefficient (Wildman–Crippen LogP) is 7.37. The van der Waals surface area contributed by atoms with E-state index in [9.17, 15) is 4.79 Å². The Balaban J connectivity index is 1.66. The second kappa shape index (κ2) is 8.36. The van der Waals surface area contributed by atoms with Crippen LogP contribution in [-0.4, -0.2) is 18.0 Å². The van der Waals surface area contributed by atoms with Crippen LogP contribution in [0.4, 0.5) is 5.69 Å². The molecule has 30 heavy (non-hydrogen) atoms. The first-order valence-electron chi connectivity index (χ1n) is 8.56. The number of ether oxygens (including phenoxy) is 1. The number of carbonyl (C=O) groups is 1. The van der Waals surface area contributed by atoms with Crippen LogP contribution in [0.25, 0.3) is 22.6 Å². The van der Waals surface area contributed by atoms with Crippen LogP contribution in [0.2, 0.25) is 20.1 Å². The number of oxazole rings is 1. The molecular formula is C21H12Cl4N2O3. The van der Waals surface area contributed by atoms with Crippen molar-refractivity contribution in [3.8, 4) is 17.2 Å². The fourth-order valence-corrected chi connectivity index (χ4v) is 3.98. The van der Waals surface area contributed by atoms with Crippen molar-refractivity contribution < 1.29 is 13.9 Å². The van der Waals surface area contributed by atoms with Gasteiger partial charge in [0.25, 0.3) is 5.91 Å². The van der Waals surface area contributed by atoms with Crippen molar-refractivity contribution in [1.82, 2.24) is 4.98 Å². The molecule has 1 N–H and O–H groups in total. The van der Waals surface area contributed by atoms with Gasteiger partial charge >= 0.3 is 0 Å². The van der Waals surface area contributed by atoms with E-state index in [2.05, 4.69) is 10.3 Å². The summed E-state index contributed by atoms with van der Waals surface area (Å²) in [6.07, 6.45) is 0. The normalized spacial score (nSPS) is 11.0. The molecule has 0 fully saturated rings. The van der Waals surface area contributed by atoms with Gasteiger partial charge < -0.3 is 14.5 Å². The van der Waals surface area contributed by atoms with Gasteiger partial charge in [0.05, 0.1) is 28.3 Å². The Bertz CT molecular complexity index is 1290. The number of amides is 1. The Hall–Kier alpha value is -2.44. The van der Waals surface area contributed by atoms with Crippen LogP contribution in [0, 0.1) is 0 Å². The number of carbonyl (C=O) groups excluding carboxylic acids is 1. The molecule has 4 aromatic rings. The molecule has 0 unspecified atom stereocenters. The lowest BCUT2D eigenvalue weighted by atomic mass is 10.1. The molecule has 0 aliphatic rings. The van der Waals surface area contributed by atoms with Crippen molar-refractivity contribution in [2.75, 3.05) is 12.4 Å². The Morgan fingerprint density at radius 2 is 1.73 bits per heavy atom. The third-order valence-electron chi connectivity index (χ3n) is 4.26. The molecule has 4 rings (SSSR count). The van der Waals surface area contributed by atoms with Crippen molar-refractivity contribution >= 4 is 69.1 Å². The van der Waals surface area contributed by atoms with Crippen molar-refractivity contribution in [2.24, 2.45) is 0 Å². The average Bonchev–Trinajstić information content (AvgIpc) is 3.10. The number of anilines is 1. The molecule has 0 radical (unpaired) electrons. The van der Waals surface area contributed by atoms with E-state index in [0.29, 0.717) is 43.3 Å². The highest BCUT2D eigenvalue weighted by Gasteiger charge is 2.18. The smallest absolute Gasteiger partial charge is 0.259 e. The summed E-state index contributed by atoms with van der Waals surface area (Å²) >= 11 is 24.3. The molecule has 0 atom stereocenters. The molecule has 1 aromatic heterocycles. The van der Waals surface area contributed by atoms with Crippen molar-refractivity contribution in [3.63, 3.8) is 0 Å². The van der Waals surface area contributed by atoms with Gasteiger partial charge in [-0.05, 0) is 48.5 Å². The third kappa shape index (κ3) is 4.07. The summed E-state index contributed by atoms with van der Waals surface area (Å²) in [5.41, 5.74) is 2.42. The fourth-order valence-electron chi connectivity index (χ4n) is 2.92. The number of fused-ring (bicyclic) bond motifs is 1. The van der Waals surface area contributed by atoms with Gasteiger partial charge in [-0.2, -0.15) is 0 Å². The lowest BCUT2D eigenvalue weighted by Gasteiger charge is -2.11. The molecule has 0 saturated carbocycles. The molecule has 0 aliphatic heterocycles. The van der Waals surface area contributed by atoms with Gasteiger partial charge in [-0.3, -0.25) is 4.79 Å². The van der Waals surface area contributed by atoms with E-state index in [-0.39, 0.29) is 16.3 Å². The maximum absolute atomic E-state index is 12.8. The minimum atomic E-state index is -0.430. The highest BCUT2D eigenvalue weighted by atomic mass is 35.5. The van der Waals surface area contributed by atoms with E-state index in [1.807, 2.05) is 0 Å². The minimum Gasteiger partial charge on any atom is -0.494 e. The summed E-state index contributed by atoms with van der Waals surface area (Å²) in [6.45, 7) is 0. The Morgan fingerprint density at radius 3 is 2.47 bits per heavy atom. The zero-order valence-corrected chi connectivity index (χ0v) is 18.3. The van der Waals surface area contributed by atoms with E-state index in [1.165, 1.54) is 19.2 Å². The topological polar surface area (TPSA) is 64.4 Å². The first kappa shape index (κ1) is 20.8. The van der Waals surface area contributed by atoms with E-state index in [0.717, 1.165) is 0 Å². The molecule has 0 aliphatic carbocycles. The molecule has 0 bridgehead atoms. The zero-order chi connectivity index (χ0) is 21.4. The molecule has 9 heteroatoms. The second-order valence-corrected chi connectivity index (χ2v) is 7.94. The van der Waals surface area contributed by atoms with Crippen LogP contribution in [0.3, 0.4) is 0 Å². The SMILES string of the molecule is COc1c(Cl)cc(Cl)cc1C(=O)Nc1ccc2oc(-c3ccc(Cl)cc3Cl)nc2c1. The molecule has 3 aromatic carbocycles. The zero-order valence-electron chi connectivity index (χ0n) is 15.3. The lowest BCUT2D eigenvalue weighted by Crippen LogP contribution is -2.13. The quantitative estimate of drug-likeness (QED) is 0.330. The van der Waals surface area contributed by atoms with Gasteiger partial charge in [0, 0.05) is 15.7 Å². The minimum absolute atomic E-state index is 0.212. The Kier molecular flexibility index (Phi) is 5.80. The van der Waals surface area contributed by atoms with Crippen molar-refractivity contribution in [1.29, 1.82) is 0 Å². The number of hydrogen-bond acceptors (Lipinski definition) is 4. The number of rotatable bonds is 4. The molecule has 0 saturated heterocycles. The van der Waals surface area contributed by atoms with Crippen LogP contribution in [0.5, 0.6) is 5.75 Å². The summed E-state index contributed by atoms with van der Waals surface area (Å²) in [5, 5.41) is 4.29. The van der Waals surface area contributed by atoms with Gasteiger partial charge in [-0.1, -0.05) is 46.4 Å². The van der Waals surface area contributed by atoms with Crippen LogP contribution in [-0.2, 0) is 0 Å². The van der Waals surface area contributed by atoms with Crippen LogP contribution in [0.1, 0.15) is 10.4 Å². The summed E-state index contributed by atoms with van der Waals surface area (Å²) in [7, 11) is 1.43. The van der Waals surface area contributed by atoms with Gasteiger partial charge in [-0.25, -0.2) is 4.98 Å². The van der Waals surface area contributed by atoms with E-state index in [4.69, 9.17) is 55.6 Å². The second-order valence-electron chi connectivity index (χ2n) is 6.25. The molecule has 0 spiro atoms. The molecule has 5 nitrogen and oxygen atoms in total. The average molecular weight is 482 g/mol. The van der Waals surface area contributed by atoms with E-state index in [1.54, 1.807) is 36.4 Å². The summed E-state index contributed by atoms with van der Waals surface area (Å²) in [5.74, 6) is 0.152. The highest BCUT2D eigenvalue weighted by Crippen LogP contribution is 2.34. The maximum Gasteiger partial charge on any atom is 0.259 e. The summed E-state index contributed by atoms with van der Waals surface area (Å²) in [4.78, 5) is 17.2.